The number of nitrogens with one attached hydrogen (secondary N) is 1. The van der Waals surface area contributed by atoms with Crippen molar-refractivity contribution in [2.24, 2.45) is 0 Å². The minimum atomic E-state index is -0.767. The van der Waals surface area contributed by atoms with Gasteiger partial charge in [-0.15, -0.1) is 11.6 Å². The van der Waals surface area contributed by atoms with Crippen LogP contribution in [0, 0.1) is 10.1 Å². The molecule has 0 spiro atoms. The maximum Gasteiger partial charge on any atom is 0.296 e. The molecular weight excluding hydrogens is 248 g/mol. The third-order valence-corrected chi connectivity index (χ3v) is 2.22. The number of anilines is 1. The Morgan fingerprint density at radius 1 is 1.59 bits per heavy atom. The fourth-order valence-electron chi connectivity index (χ4n) is 1.13. The van der Waals surface area contributed by atoms with E-state index in [1.807, 2.05) is 0 Å². The smallest absolute Gasteiger partial charge is 0.296 e. The highest BCUT2D eigenvalue weighted by Gasteiger charge is 2.18. The van der Waals surface area contributed by atoms with Gasteiger partial charge < -0.3 is 10.1 Å². The fourth-order valence-corrected chi connectivity index (χ4v) is 1.18. The molecule has 17 heavy (non-hydrogen) atoms. The number of amides is 1. The van der Waals surface area contributed by atoms with Crippen LogP contribution in [0.3, 0.4) is 0 Å². The lowest BCUT2D eigenvalue weighted by molar-refractivity contribution is -0.384. The predicted molar refractivity (Wildman–Crippen MR) is 63.6 cm³/mol. The van der Waals surface area contributed by atoms with E-state index in [0.29, 0.717) is 5.75 Å². The number of hydrogen-bond acceptors (Lipinski definition) is 4. The standard InChI is InChI=1S/C10H11ClN2O4/c1-6(11)10(14)12-8-4-3-7(17-2)5-9(8)13(15)16/h3-6H,1-2H3,(H,12,14). The monoisotopic (exact) mass is 258 g/mol. The van der Waals surface area contributed by atoms with Crippen molar-refractivity contribution in [2.75, 3.05) is 12.4 Å². The lowest BCUT2D eigenvalue weighted by atomic mass is 10.2. The van der Waals surface area contributed by atoms with Crippen LogP contribution in [-0.4, -0.2) is 23.3 Å². The van der Waals surface area contributed by atoms with E-state index in [-0.39, 0.29) is 11.4 Å². The van der Waals surface area contributed by atoms with Gasteiger partial charge in [0.1, 0.15) is 16.8 Å². The van der Waals surface area contributed by atoms with Crippen LogP contribution in [0.25, 0.3) is 0 Å². The molecule has 0 fully saturated rings. The Labute approximate surface area is 103 Å². The van der Waals surface area contributed by atoms with E-state index in [9.17, 15) is 14.9 Å². The molecule has 92 valence electrons. The van der Waals surface area contributed by atoms with Gasteiger partial charge in [0.15, 0.2) is 0 Å². The van der Waals surface area contributed by atoms with Gasteiger partial charge in [-0.1, -0.05) is 0 Å². The highest BCUT2D eigenvalue weighted by Crippen LogP contribution is 2.29. The zero-order valence-corrected chi connectivity index (χ0v) is 10.0. The number of nitro benzene ring substituents is 1. The molecule has 1 N–H and O–H groups in total. The largest absolute Gasteiger partial charge is 0.496 e. The number of nitrogens with zero attached hydrogens (tertiary/aromatic N) is 1. The van der Waals surface area contributed by atoms with E-state index in [4.69, 9.17) is 16.3 Å². The number of hydrogen-bond donors (Lipinski definition) is 1. The Balaban J connectivity index is 3.06. The Bertz CT molecular complexity index is 448. The molecule has 1 aromatic rings. The zero-order valence-electron chi connectivity index (χ0n) is 9.27. The topological polar surface area (TPSA) is 81.5 Å². The summed E-state index contributed by atoms with van der Waals surface area (Å²) in [6.07, 6.45) is 0. The maximum absolute atomic E-state index is 11.3. The third-order valence-electron chi connectivity index (χ3n) is 2.02. The van der Waals surface area contributed by atoms with Crippen molar-refractivity contribution in [1.29, 1.82) is 0 Å². The van der Waals surface area contributed by atoms with Crippen LogP contribution in [-0.2, 0) is 4.79 Å². The molecule has 0 bridgehead atoms. The highest BCUT2D eigenvalue weighted by molar-refractivity contribution is 6.32. The minimum Gasteiger partial charge on any atom is -0.496 e. The number of carbonyl (C=O) groups is 1. The first-order chi connectivity index (χ1) is 7.95. The van der Waals surface area contributed by atoms with Gasteiger partial charge in [-0.2, -0.15) is 0 Å². The summed E-state index contributed by atoms with van der Waals surface area (Å²) in [7, 11) is 1.40. The molecule has 1 atom stereocenters. The first kappa shape index (κ1) is 13.2. The molecule has 0 aromatic heterocycles. The van der Waals surface area contributed by atoms with E-state index in [0.717, 1.165) is 0 Å². The van der Waals surface area contributed by atoms with Gasteiger partial charge in [0.05, 0.1) is 18.1 Å². The van der Waals surface area contributed by atoms with Gasteiger partial charge in [-0.3, -0.25) is 14.9 Å². The molecule has 0 heterocycles. The van der Waals surface area contributed by atoms with Crippen LogP contribution in [0.15, 0.2) is 18.2 Å². The first-order valence-corrected chi connectivity index (χ1v) is 5.16. The van der Waals surface area contributed by atoms with E-state index in [2.05, 4.69) is 5.32 Å². The number of alkyl halides is 1. The SMILES string of the molecule is COc1ccc(NC(=O)C(C)Cl)c([N+](=O)[O-])c1. The number of halogens is 1. The van der Waals surface area contributed by atoms with Crippen molar-refractivity contribution in [3.05, 3.63) is 28.3 Å². The zero-order chi connectivity index (χ0) is 13.0. The predicted octanol–water partition coefficient (Wildman–Crippen LogP) is 2.17. The van der Waals surface area contributed by atoms with Crippen LogP contribution in [0.4, 0.5) is 11.4 Å². The molecule has 6 nitrogen and oxygen atoms in total. The molecule has 0 radical (unpaired) electrons. The van der Waals surface area contributed by atoms with Crippen molar-refractivity contribution >= 4 is 28.9 Å². The molecule has 1 amide bonds. The second-order valence-electron chi connectivity index (χ2n) is 3.25. The van der Waals surface area contributed by atoms with Crippen molar-refractivity contribution in [3.63, 3.8) is 0 Å². The molecule has 0 aliphatic carbocycles. The van der Waals surface area contributed by atoms with Crippen LogP contribution in [0.1, 0.15) is 6.92 Å². The molecule has 0 saturated heterocycles. The number of carbonyl (C=O) groups excluding carboxylic acids is 1. The van der Waals surface area contributed by atoms with E-state index in [1.54, 1.807) is 0 Å². The first-order valence-electron chi connectivity index (χ1n) is 4.73. The Morgan fingerprint density at radius 3 is 2.71 bits per heavy atom. The number of ether oxygens (including phenoxy) is 1. The van der Waals surface area contributed by atoms with Gasteiger partial charge in [0.25, 0.3) is 5.69 Å². The van der Waals surface area contributed by atoms with Crippen molar-refractivity contribution < 1.29 is 14.5 Å². The molecular formula is C10H11ClN2O4. The van der Waals surface area contributed by atoms with Crippen LogP contribution in [0.2, 0.25) is 0 Å². The van der Waals surface area contributed by atoms with Crippen molar-refractivity contribution in [1.82, 2.24) is 0 Å². The second-order valence-corrected chi connectivity index (χ2v) is 3.90. The van der Waals surface area contributed by atoms with E-state index in [1.165, 1.54) is 32.2 Å². The van der Waals surface area contributed by atoms with Crippen molar-refractivity contribution in [2.45, 2.75) is 12.3 Å². The van der Waals surface area contributed by atoms with E-state index < -0.39 is 16.2 Å². The number of methoxy groups -OCH3 is 1. The molecule has 1 rings (SSSR count). The summed E-state index contributed by atoms with van der Waals surface area (Å²) in [5.74, 6) is -0.159. The molecule has 7 heteroatoms. The fraction of sp³-hybridized carbons (Fsp3) is 0.300. The lowest BCUT2D eigenvalue weighted by Crippen LogP contribution is -2.20. The van der Waals surface area contributed by atoms with Crippen LogP contribution >= 0.6 is 11.6 Å². The van der Waals surface area contributed by atoms with Gasteiger partial charge in [-0.25, -0.2) is 0 Å². The van der Waals surface area contributed by atoms with Gasteiger partial charge in [0.2, 0.25) is 5.91 Å². The number of benzene rings is 1. The summed E-state index contributed by atoms with van der Waals surface area (Å²) in [5, 5.41) is 12.4. The summed E-state index contributed by atoms with van der Waals surface area (Å²) in [6, 6.07) is 4.14. The summed E-state index contributed by atoms with van der Waals surface area (Å²) in [4.78, 5) is 21.6. The van der Waals surface area contributed by atoms with Gasteiger partial charge >= 0.3 is 0 Å². The summed E-state index contributed by atoms with van der Waals surface area (Å²) in [6.45, 7) is 1.48. The summed E-state index contributed by atoms with van der Waals surface area (Å²) in [5.41, 5.74) is -0.150. The summed E-state index contributed by atoms with van der Waals surface area (Å²) < 4.78 is 4.87. The number of rotatable bonds is 4. The molecule has 0 aliphatic rings. The second kappa shape index (κ2) is 5.49. The third kappa shape index (κ3) is 3.32. The van der Waals surface area contributed by atoms with Crippen LogP contribution in [0.5, 0.6) is 5.75 Å². The van der Waals surface area contributed by atoms with Gasteiger partial charge in [0, 0.05) is 0 Å². The molecule has 0 aliphatic heterocycles. The van der Waals surface area contributed by atoms with Crippen LogP contribution < -0.4 is 10.1 Å². The average molecular weight is 259 g/mol. The van der Waals surface area contributed by atoms with E-state index >= 15 is 0 Å². The Hall–Kier alpha value is -1.82. The molecule has 1 unspecified atom stereocenters. The van der Waals surface area contributed by atoms with Gasteiger partial charge in [-0.05, 0) is 19.1 Å². The Morgan fingerprint density at radius 2 is 2.24 bits per heavy atom. The summed E-state index contributed by atoms with van der Waals surface area (Å²) >= 11 is 5.56. The quantitative estimate of drug-likeness (QED) is 0.510. The minimum absolute atomic E-state index is 0.0910. The normalized spacial score (nSPS) is 11.7. The maximum atomic E-state index is 11.3. The highest BCUT2D eigenvalue weighted by atomic mass is 35.5. The van der Waals surface area contributed by atoms with Crippen molar-refractivity contribution in [3.8, 4) is 5.75 Å². The number of nitro groups is 1. The average Bonchev–Trinajstić information content (AvgIpc) is 2.29. The molecule has 0 saturated carbocycles. The lowest BCUT2D eigenvalue weighted by Gasteiger charge is -2.08. The Kier molecular flexibility index (Phi) is 4.28. The molecule has 1 aromatic carbocycles.